The minimum atomic E-state index is -3.48. The molecule has 3 heterocycles. The molecule has 3 rings (SSSR count). The normalized spacial score (nSPS) is 17.1. The lowest BCUT2D eigenvalue weighted by molar-refractivity contribution is 0.129. The monoisotopic (exact) mass is 334 g/mol. The van der Waals surface area contributed by atoms with E-state index in [4.69, 9.17) is 4.74 Å². The molecule has 0 amide bonds. The van der Waals surface area contributed by atoms with Crippen molar-refractivity contribution in [3.8, 4) is 5.88 Å². The van der Waals surface area contributed by atoms with Crippen LogP contribution in [-0.2, 0) is 10.0 Å². The number of aryl methyl sites for hydroxylation is 1. The van der Waals surface area contributed by atoms with Crippen LogP contribution in [-0.4, -0.2) is 46.9 Å². The number of hydrogen-bond acceptors (Lipinski definition) is 6. The minimum Gasteiger partial charge on any atom is -0.474 e. The Morgan fingerprint density at radius 3 is 2.65 bits per heavy atom. The molecule has 2 aromatic heterocycles. The van der Waals surface area contributed by atoms with Crippen LogP contribution >= 0.6 is 0 Å². The highest BCUT2D eigenvalue weighted by Crippen LogP contribution is 2.22. The van der Waals surface area contributed by atoms with E-state index in [1.54, 1.807) is 37.5 Å². The molecule has 0 aliphatic carbocycles. The Morgan fingerprint density at radius 1 is 1.22 bits per heavy atom. The van der Waals surface area contributed by atoms with Crippen LogP contribution in [0.1, 0.15) is 18.7 Å². The van der Waals surface area contributed by atoms with Gasteiger partial charge >= 0.3 is 0 Å². The first-order chi connectivity index (χ1) is 11.1. The van der Waals surface area contributed by atoms with Crippen molar-refractivity contribution in [3.63, 3.8) is 0 Å². The SMILES string of the molecule is Cc1nccc(OC2CCN(S(=O)(=O)c3cccnc3)CC2)n1. The summed E-state index contributed by atoms with van der Waals surface area (Å²) in [6.07, 6.45) is 5.81. The zero-order valence-electron chi connectivity index (χ0n) is 12.8. The van der Waals surface area contributed by atoms with Crippen molar-refractivity contribution in [2.24, 2.45) is 0 Å². The van der Waals surface area contributed by atoms with Crippen molar-refractivity contribution in [1.82, 2.24) is 19.3 Å². The van der Waals surface area contributed by atoms with Gasteiger partial charge in [0.2, 0.25) is 15.9 Å². The molecule has 2 aromatic rings. The molecule has 7 nitrogen and oxygen atoms in total. The molecule has 0 radical (unpaired) electrons. The van der Waals surface area contributed by atoms with Crippen molar-refractivity contribution in [3.05, 3.63) is 42.6 Å². The number of piperidine rings is 1. The molecule has 1 aliphatic rings. The molecule has 122 valence electrons. The molecule has 1 fully saturated rings. The van der Waals surface area contributed by atoms with E-state index in [0.717, 1.165) is 0 Å². The maximum absolute atomic E-state index is 12.5. The third kappa shape index (κ3) is 3.65. The summed E-state index contributed by atoms with van der Waals surface area (Å²) in [4.78, 5) is 12.3. The van der Waals surface area contributed by atoms with Crippen LogP contribution in [0, 0.1) is 6.92 Å². The first kappa shape index (κ1) is 15.8. The van der Waals surface area contributed by atoms with E-state index >= 15 is 0 Å². The summed E-state index contributed by atoms with van der Waals surface area (Å²) < 4.78 is 32.3. The lowest BCUT2D eigenvalue weighted by Gasteiger charge is -2.31. The highest BCUT2D eigenvalue weighted by Gasteiger charge is 2.30. The lowest BCUT2D eigenvalue weighted by atomic mass is 10.1. The van der Waals surface area contributed by atoms with Gasteiger partial charge in [-0.3, -0.25) is 4.98 Å². The number of sulfonamides is 1. The predicted molar refractivity (Wildman–Crippen MR) is 83.4 cm³/mol. The van der Waals surface area contributed by atoms with Crippen LogP contribution < -0.4 is 4.74 Å². The Kier molecular flexibility index (Phi) is 4.53. The molecule has 0 atom stereocenters. The van der Waals surface area contributed by atoms with Gasteiger partial charge < -0.3 is 4.74 Å². The quantitative estimate of drug-likeness (QED) is 0.840. The maximum atomic E-state index is 12.5. The fraction of sp³-hybridized carbons (Fsp3) is 0.400. The lowest BCUT2D eigenvalue weighted by Crippen LogP contribution is -2.41. The average Bonchev–Trinajstić information content (AvgIpc) is 2.56. The first-order valence-corrected chi connectivity index (χ1v) is 8.86. The highest BCUT2D eigenvalue weighted by molar-refractivity contribution is 7.89. The second-order valence-electron chi connectivity index (χ2n) is 5.35. The molecule has 0 unspecified atom stereocenters. The molecule has 0 bridgehead atoms. The van der Waals surface area contributed by atoms with Crippen molar-refractivity contribution >= 4 is 10.0 Å². The second-order valence-corrected chi connectivity index (χ2v) is 7.29. The Labute approximate surface area is 135 Å². The number of hydrogen-bond donors (Lipinski definition) is 0. The standard InChI is InChI=1S/C15H18N4O3S/c1-12-17-8-4-15(18-12)22-13-5-9-19(10-6-13)23(20,21)14-3-2-7-16-11-14/h2-4,7-8,11,13H,5-6,9-10H2,1H3. The van der Waals surface area contributed by atoms with Gasteiger partial charge in [-0.05, 0) is 31.9 Å². The van der Waals surface area contributed by atoms with Gasteiger partial charge in [-0.2, -0.15) is 9.29 Å². The fourth-order valence-electron chi connectivity index (χ4n) is 2.51. The smallest absolute Gasteiger partial charge is 0.244 e. The predicted octanol–water partition coefficient (Wildman–Crippen LogP) is 1.41. The highest BCUT2D eigenvalue weighted by atomic mass is 32.2. The first-order valence-electron chi connectivity index (χ1n) is 7.42. The number of aromatic nitrogens is 3. The van der Waals surface area contributed by atoms with Crippen LogP contribution in [0.3, 0.4) is 0 Å². The minimum absolute atomic E-state index is 0.0374. The van der Waals surface area contributed by atoms with Crippen molar-refractivity contribution in [1.29, 1.82) is 0 Å². The Bertz CT molecular complexity index is 759. The molecular weight excluding hydrogens is 316 g/mol. The summed E-state index contributed by atoms with van der Waals surface area (Å²) in [7, 11) is -3.48. The van der Waals surface area contributed by atoms with Gasteiger partial charge in [0.1, 0.15) is 16.8 Å². The largest absolute Gasteiger partial charge is 0.474 e. The van der Waals surface area contributed by atoms with E-state index in [0.29, 0.717) is 37.6 Å². The van der Waals surface area contributed by atoms with Crippen LogP contribution in [0.25, 0.3) is 0 Å². The van der Waals surface area contributed by atoms with Gasteiger partial charge in [0.05, 0.1) is 0 Å². The Morgan fingerprint density at radius 2 is 2.00 bits per heavy atom. The molecule has 8 heteroatoms. The summed E-state index contributed by atoms with van der Waals surface area (Å²) in [6, 6.07) is 4.90. The van der Waals surface area contributed by atoms with Crippen LogP contribution in [0.15, 0.2) is 41.7 Å². The molecule has 1 aliphatic heterocycles. The second kappa shape index (κ2) is 6.59. The molecule has 0 N–H and O–H groups in total. The maximum Gasteiger partial charge on any atom is 0.244 e. The third-order valence-electron chi connectivity index (χ3n) is 3.71. The van der Waals surface area contributed by atoms with Crippen LogP contribution in [0.2, 0.25) is 0 Å². The molecular formula is C15H18N4O3S. The number of ether oxygens (including phenoxy) is 1. The van der Waals surface area contributed by atoms with E-state index in [1.807, 2.05) is 0 Å². The van der Waals surface area contributed by atoms with Gasteiger partial charge in [-0.25, -0.2) is 13.4 Å². The van der Waals surface area contributed by atoms with Gasteiger partial charge in [0, 0.05) is 37.7 Å². The summed E-state index contributed by atoms with van der Waals surface area (Å²) in [6.45, 7) is 2.65. The topological polar surface area (TPSA) is 85.3 Å². The summed E-state index contributed by atoms with van der Waals surface area (Å²) in [5, 5.41) is 0. The molecule has 23 heavy (non-hydrogen) atoms. The number of rotatable bonds is 4. The molecule has 0 aromatic carbocycles. The summed E-state index contributed by atoms with van der Waals surface area (Å²) in [5.74, 6) is 1.19. The molecule has 0 spiro atoms. The Balaban J connectivity index is 1.62. The fourth-order valence-corrected chi connectivity index (χ4v) is 3.94. The van der Waals surface area contributed by atoms with E-state index in [2.05, 4.69) is 15.0 Å². The summed E-state index contributed by atoms with van der Waals surface area (Å²) in [5.41, 5.74) is 0. The van der Waals surface area contributed by atoms with Gasteiger partial charge in [-0.15, -0.1) is 0 Å². The van der Waals surface area contributed by atoms with Gasteiger partial charge in [0.25, 0.3) is 0 Å². The van der Waals surface area contributed by atoms with Crippen molar-refractivity contribution < 1.29 is 13.2 Å². The van der Waals surface area contributed by atoms with E-state index < -0.39 is 10.0 Å². The van der Waals surface area contributed by atoms with Gasteiger partial charge in [-0.1, -0.05) is 0 Å². The average molecular weight is 334 g/mol. The number of pyridine rings is 1. The van der Waals surface area contributed by atoms with E-state index in [-0.39, 0.29) is 11.0 Å². The zero-order valence-corrected chi connectivity index (χ0v) is 13.6. The van der Waals surface area contributed by atoms with Gasteiger partial charge in [0.15, 0.2) is 0 Å². The summed E-state index contributed by atoms with van der Waals surface area (Å²) >= 11 is 0. The van der Waals surface area contributed by atoms with Crippen molar-refractivity contribution in [2.75, 3.05) is 13.1 Å². The van der Waals surface area contributed by atoms with Crippen LogP contribution in [0.4, 0.5) is 0 Å². The van der Waals surface area contributed by atoms with E-state index in [1.165, 1.54) is 10.5 Å². The van der Waals surface area contributed by atoms with Crippen molar-refractivity contribution in [2.45, 2.75) is 30.8 Å². The van der Waals surface area contributed by atoms with E-state index in [9.17, 15) is 8.42 Å². The third-order valence-corrected chi connectivity index (χ3v) is 5.59. The number of nitrogens with zero attached hydrogens (tertiary/aromatic N) is 4. The zero-order chi connectivity index (χ0) is 16.3. The molecule has 0 saturated carbocycles. The van der Waals surface area contributed by atoms with Crippen LogP contribution in [0.5, 0.6) is 5.88 Å². The Hall–Kier alpha value is -2.06. The molecule has 1 saturated heterocycles.